The van der Waals surface area contributed by atoms with Crippen molar-refractivity contribution in [3.05, 3.63) is 23.8 Å². The third-order valence-corrected chi connectivity index (χ3v) is 3.02. The molecule has 0 bridgehead atoms. The minimum atomic E-state index is 0.0402. The molecule has 0 aromatic heterocycles. The zero-order chi connectivity index (χ0) is 14.3. The number of alkyl halides is 1. The highest BCUT2D eigenvalue weighted by Gasteiger charge is 2.07. The predicted molar refractivity (Wildman–Crippen MR) is 79.9 cm³/mol. The third kappa shape index (κ3) is 5.52. The average Bonchev–Trinajstić information content (AvgIpc) is 2.38. The molecular formula is C15H22ClNO2. The first-order valence-corrected chi connectivity index (χ1v) is 7.21. The molecule has 106 valence electrons. The minimum Gasteiger partial charge on any atom is -0.494 e. The number of benzene rings is 1. The van der Waals surface area contributed by atoms with Gasteiger partial charge in [0.05, 0.1) is 12.5 Å². The van der Waals surface area contributed by atoms with Crippen LogP contribution in [0.2, 0.25) is 0 Å². The molecule has 0 atom stereocenters. The Hall–Kier alpha value is -1.22. The summed E-state index contributed by atoms with van der Waals surface area (Å²) >= 11 is 5.89. The Morgan fingerprint density at radius 2 is 2.16 bits per heavy atom. The fraction of sp³-hybridized carbons (Fsp3) is 0.533. The molecular weight excluding hydrogens is 262 g/mol. The summed E-state index contributed by atoms with van der Waals surface area (Å²) in [4.78, 5) is 11.8. The summed E-state index contributed by atoms with van der Waals surface area (Å²) in [6.45, 7) is 6.75. The largest absolute Gasteiger partial charge is 0.494 e. The summed E-state index contributed by atoms with van der Waals surface area (Å²) in [7, 11) is 0. The Bertz CT molecular complexity index is 419. The van der Waals surface area contributed by atoms with E-state index in [4.69, 9.17) is 16.3 Å². The van der Waals surface area contributed by atoms with E-state index in [0.29, 0.717) is 24.8 Å². The summed E-state index contributed by atoms with van der Waals surface area (Å²) in [5, 5.41) is 2.89. The number of amides is 1. The van der Waals surface area contributed by atoms with Gasteiger partial charge in [0.25, 0.3) is 0 Å². The molecule has 1 aromatic carbocycles. The van der Waals surface area contributed by atoms with E-state index >= 15 is 0 Å². The van der Waals surface area contributed by atoms with Gasteiger partial charge in [-0.3, -0.25) is 4.79 Å². The van der Waals surface area contributed by atoms with Crippen LogP contribution in [-0.2, 0) is 10.7 Å². The summed E-state index contributed by atoms with van der Waals surface area (Å²) in [6.07, 6.45) is 1.44. The molecule has 0 fully saturated rings. The van der Waals surface area contributed by atoms with E-state index in [1.165, 1.54) is 0 Å². The number of carbonyl (C=O) groups is 1. The molecule has 0 aliphatic rings. The van der Waals surface area contributed by atoms with Gasteiger partial charge in [0.1, 0.15) is 5.75 Å². The second kappa shape index (κ2) is 8.05. The normalized spacial score (nSPS) is 10.6. The standard InChI is InChI=1S/C15H22ClNO2/c1-4-19-14-7-6-13(9-12(14)10-16)17-15(18)8-5-11(2)3/h6-7,9,11H,4-5,8,10H2,1-3H3,(H,17,18). The molecule has 0 aliphatic heterocycles. The van der Waals surface area contributed by atoms with Gasteiger partial charge in [-0.05, 0) is 37.5 Å². The smallest absolute Gasteiger partial charge is 0.224 e. The lowest BCUT2D eigenvalue weighted by molar-refractivity contribution is -0.116. The van der Waals surface area contributed by atoms with E-state index in [2.05, 4.69) is 19.2 Å². The fourth-order valence-corrected chi connectivity index (χ4v) is 1.91. The molecule has 1 rings (SSSR count). The van der Waals surface area contributed by atoms with Gasteiger partial charge in [-0.15, -0.1) is 11.6 Å². The van der Waals surface area contributed by atoms with Gasteiger partial charge in [-0.25, -0.2) is 0 Å². The molecule has 4 heteroatoms. The monoisotopic (exact) mass is 283 g/mol. The Balaban J connectivity index is 2.66. The van der Waals surface area contributed by atoms with Crippen molar-refractivity contribution in [2.45, 2.75) is 39.5 Å². The fourth-order valence-electron chi connectivity index (χ4n) is 1.70. The van der Waals surface area contributed by atoms with Crippen molar-refractivity contribution in [1.82, 2.24) is 0 Å². The second-order valence-corrected chi connectivity index (χ2v) is 5.14. The van der Waals surface area contributed by atoms with Gasteiger partial charge < -0.3 is 10.1 Å². The molecule has 1 N–H and O–H groups in total. The van der Waals surface area contributed by atoms with Crippen LogP contribution in [0, 0.1) is 5.92 Å². The van der Waals surface area contributed by atoms with Gasteiger partial charge in [-0.2, -0.15) is 0 Å². The summed E-state index contributed by atoms with van der Waals surface area (Å²) in [5.74, 6) is 1.71. The SMILES string of the molecule is CCOc1ccc(NC(=O)CCC(C)C)cc1CCl. The molecule has 3 nitrogen and oxygen atoms in total. The lowest BCUT2D eigenvalue weighted by atomic mass is 10.1. The lowest BCUT2D eigenvalue weighted by Gasteiger charge is -2.11. The first-order chi connectivity index (χ1) is 9.06. The number of halogens is 1. The van der Waals surface area contributed by atoms with Gasteiger partial charge >= 0.3 is 0 Å². The Morgan fingerprint density at radius 3 is 2.74 bits per heavy atom. The molecule has 1 aromatic rings. The molecule has 1 amide bonds. The maximum atomic E-state index is 11.8. The molecule has 0 saturated heterocycles. The van der Waals surface area contributed by atoms with Gasteiger partial charge in [0, 0.05) is 17.7 Å². The van der Waals surface area contributed by atoms with Crippen molar-refractivity contribution in [2.75, 3.05) is 11.9 Å². The van der Waals surface area contributed by atoms with Crippen LogP contribution in [0.3, 0.4) is 0 Å². The predicted octanol–water partition coefficient (Wildman–Crippen LogP) is 4.20. The van der Waals surface area contributed by atoms with E-state index in [1.807, 2.05) is 25.1 Å². The van der Waals surface area contributed by atoms with Crippen LogP contribution in [0.4, 0.5) is 5.69 Å². The van der Waals surface area contributed by atoms with Gasteiger partial charge in [0.15, 0.2) is 0 Å². The van der Waals surface area contributed by atoms with Crippen LogP contribution in [0.1, 0.15) is 39.2 Å². The molecule has 0 heterocycles. The molecule has 0 unspecified atom stereocenters. The number of nitrogens with one attached hydrogen (secondary N) is 1. The van der Waals surface area contributed by atoms with E-state index in [1.54, 1.807) is 0 Å². The Morgan fingerprint density at radius 1 is 1.42 bits per heavy atom. The van der Waals surface area contributed by atoms with Gasteiger partial charge in [0.2, 0.25) is 5.91 Å². The topological polar surface area (TPSA) is 38.3 Å². The number of hydrogen-bond acceptors (Lipinski definition) is 2. The van der Waals surface area contributed by atoms with E-state index < -0.39 is 0 Å². The Kier molecular flexibility index (Phi) is 6.71. The van der Waals surface area contributed by atoms with Crippen molar-refractivity contribution in [3.63, 3.8) is 0 Å². The average molecular weight is 284 g/mol. The maximum absolute atomic E-state index is 11.8. The molecule has 0 saturated carbocycles. The van der Waals surface area contributed by atoms with E-state index in [-0.39, 0.29) is 5.91 Å². The molecule has 0 radical (unpaired) electrons. The van der Waals surface area contributed by atoms with Crippen molar-refractivity contribution in [3.8, 4) is 5.75 Å². The summed E-state index contributed by atoms with van der Waals surface area (Å²) < 4.78 is 5.47. The highest BCUT2D eigenvalue weighted by atomic mass is 35.5. The van der Waals surface area contributed by atoms with Crippen LogP contribution in [0.5, 0.6) is 5.75 Å². The van der Waals surface area contributed by atoms with E-state index in [0.717, 1.165) is 23.4 Å². The summed E-state index contributed by atoms with van der Waals surface area (Å²) in [5.41, 5.74) is 1.66. The number of ether oxygens (including phenoxy) is 1. The third-order valence-electron chi connectivity index (χ3n) is 2.74. The second-order valence-electron chi connectivity index (χ2n) is 4.87. The Labute approximate surface area is 120 Å². The summed E-state index contributed by atoms with van der Waals surface area (Å²) in [6, 6.07) is 5.55. The van der Waals surface area contributed by atoms with E-state index in [9.17, 15) is 4.79 Å². The number of hydrogen-bond donors (Lipinski definition) is 1. The quantitative estimate of drug-likeness (QED) is 0.762. The highest BCUT2D eigenvalue weighted by Crippen LogP contribution is 2.24. The number of anilines is 1. The van der Waals surface area contributed by atoms with Crippen LogP contribution < -0.4 is 10.1 Å². The van der Waals surface area contributed by atoms with Crippen molar-refractivity contribution >= 4 is 23.2 Å². The van der Waals surface area contributed by atoms with Crippen molar-refractivity contribution in [2.24, 2.45) is 5.92 Å². The first-order valence-electron chi connectivity index (χ1n) is 6.68. The number of rotatable bonds is 7. The van der Waals surface area contributed by atoms with Crippen LogP contribution in [-0.4, -0.2) is 12.5 Å². The zero-order valence-electron chi connectivity index (χ0n) is 11.8. The maximum Gasteiger partial charge on any atom is 0.224 e. The van der Waals surface area contributed by atoms with Crippen LogP contribution in [0.25, 0.3) is 0 Å². The van der Waals surface area contributed by atoms with Gasteiger partial charge in [-0.1, -0.05) is 13.8 Å². The van der Waals surface area contributed by atoms with Crippen LogP contribution >= 0.6 is 11.6 Å². The molecule has 0 aliphatic carbocycles. The zero-order valence-corrected chi connectivity index (χ0v) is 12.6. The molecule has 19 heavy (non-hydrogen) atoms. The lowest BCUT2D eigenvalue weighted by Crippen LogP contribution is -2.12. The molecule has 0 spiro atoms. The minimum absolute atomic E-state index is 0.0402. The van der Waals surface area contributed by atoms with Crippen LogP contribution in [0.15, 0.2) is 18.2 Å². The highest BCUT2D eigenvalue weighted by molar-refractivity contribution is 6.17. The first kappa shape index (κ1) is 15.8. The number of carbonyl (C=O) groups excluding carboxylic acids is 1. The van der Waals surface area contributed by atoms with Crippen molar-refractivity contribution < 1.29 is 9.53 Å². The van der Waals surface area contributed by atoms with Crippen molar-refractivity contribution in [1.29, 1.82) is 0 Å².